The number of hydrogen-bond acceptors (Lipinski definition) is 5. The van der Waals surface area contributed by atoms with Crippen molar-refractivity contribution in [1.29, 1.82) is 5.26 Å². The van der Waals surface area contributed by atoms with Crippen molar-refractivity contribution in [2.45, 2.75) is 13.5 Å². The number of pyridine rings is 1. The second kappa shape index (κ2) is 4.73. The normalized spacial score (nSPS) is 9.75. The summed E-state index contributed by atoms with van der Waals surface area (Å²) in [5.74, 6) is 0.623. The molecule has 4 nitrogen and oxygen atoms in total. The SMILES string of the molecule is Cc1ccc(C#N)c(NCc2nccs2)n1. The highest BCUT2D eigenvalue weighted by Gasteiger charge is 2.04. The lowest BCUT2D eigenvalue weighted by Gasteiger charge is -2.05. The van der Waals surface area contributed by atoms with E-state index in [-0.39, 0.29) is 0 Å². The molecule has 0 saturated carbocycles. The summed E-state index contributed by atoms with van der Waals surface area (Å²) in [7, 11) is 0. The standard InChI is InChI=1S/C11H10N4S/c1-8-2-3-9(6-12)11(15-8)14-7-10-13-4-5-16-10/h2-5H,7H2,1H3,(H,14,15). The topological polar surface area (TPSA) is 61.6 Å². The number of aromatic nitrogens is 2. The minimum Gasteiger partial charge on any atom is -0.362 e. The number of thiazole rings is 1. The molecule has 2 aromatic rings. The molecule has 0 aliphatic heterocycles. The molecule has 0 fully saturated rings. The maximum absolute atomic E-state index is 8.92. The summed E-state index contributed by atoms with van der Waals surface area (Å²) in [6.45, 7) is 2.50. The number of anilines is 1. The van der Waals surface area contributed by atoms with Gasteiger partial charge in [0.25, 0.3) is 0 Å². The Labute approximate surface area is 97.6 Å². The molecule has 2 heterocycles. The third-order valence-electron chi connectivity index (χ3n) is 2.05. The molecule has 0 aliphatic carbocycles. The van der Waals surface area contributed by atoms with Crippen molar-refractivity contribution in [3.63, 3.8) is 0 Å². The Bertz CT molecular complexity index is 513. The van der Waals surface area contributed by atoms with E-state index in [0.29, 0.717) is 17.9 Å². The average molecular weight is 230 g/mol. The Kier molecular flexibility index (Phi) is 3.13. The van der Waals surface area contributed by atoms with Gasteiger partial charge in [0.05, 0.1) is 12.1 Å². The van der Waals surface area contributed by atoms with E-state index < -0.39 is 0 Å². The highest BCUT2D eigenvalue weighted by Crippen LogP contribution is 2.14. The maximum Gasteiger partial charge on any atom is 0.144 e. The molecule has 0 saturated heterocycles. The summed E-state index contributed by atoms with van der Waals surface area (Å²) in [6.07, 6.45) is 1.76. The van der Waals surface area contributed by atoms with Gasteiger partial charge in [0.1, 0.15) is 16.9 Å². The molecule has 1 N–H and O–H groups in total. The average Bonchev–Trinajstić information content (AvgIpc) is 2.79. The first-order chi connectivity index (χ1) is 7.79. The van der Waals surface area contributed by atoms with Gasteiger partial charge in [-0.05, 0) is 19.1 Å². The van der Waals surface area contributed by atoms with Crippen molar-refractivity contribution in [2.75, 3.05) is 5.32 Å². The van der Waals surface area contributed by atoms with E-state index in [9.17, 15) is 0 Å². The van der Waals surface area contributed by atoms with Crippen LogP contribution in [0.1, 0.15) is 16.3 Å². The van der Waals surface area contributed by atoms with Gasteiger partial charge in [-0.25, -0.2) is 9.97 Å². The molecule has 2 aromatic heterocycles. The zero-order valence-electron chi connectivity index (χ0n) is 8.77. The molecule has 0 bridgehead atoms. The predicted molar refractivity (Wildman–Crippen MR) is 63.1 cm³/mol. The molecule has 0 unspecified atom stereocenters. The number of aryl methyl sites for hydroxylation is 1. The predicted octanol–water partition coefficient (Wildman–Crippen LogP) is 2.33. The van der Waals surface area contributed by atoms with Crippen LogP contribution in [0.3, 0.4) is 0 Å². The zero-order valence-corrected chi connectivity index (χ0v) is 9.58. The van der Waals surface area contributed by atoms with Crippen LogP contribution in [0.2, 0.25) is 0 Å². The lowest BCUT2D eigenvalue weighted by atomic mass is 10.2. The molecule has 0 amide bonds. The molecule has 16 heavy (non-hydrogen) atoms. The van der Waals surface area contributed by atoms with Gasteiger partial charge in [0.2, 0.25) is 0 Å². The summed E-state index contributed by atoms with van der Waals surface area (Å²) < 4.78 is 0. The van der Waals surface area contributed by atoms with Gasteiger partial charge in [0, 0.05) is 17.3 Å². The van der Waals surface area contributed by atoms with Crippen LogP contribution in [0.5, 0.6) is 0 Å². The highest BCUT2D eigenvalue weighted by molar-refractivity contribution is 7.09. The van der Waals surface area contributed by atoms with Crippen molar-refractivity contribution in [1.82, 2.24) is 9.97 Å². The largest absolute Gasteiger partial charge is 0.362 e. The van der Waals surface area contributed by atoms with Crippen LogP contribution in [-0.2, 0) is 6.54 Å². The molecule has 80 valence electrons. The van der Waals surface area contributed by atoms with Crippen molar-refractivity contribution < 1.29 is 0 Å². The van der Waals surface area contributed by atoms with E-state index in [1.807, 2.05) is 18.4 Å². The zero-order chi connectivity index (χ0) is 11.4. The number of rotatable bonds is 3. The van der Waals surface area contributed by atoms with Crippen LogP contribution in [0, 0.1) is 18.3 Å². The fourth-order valence-corrected chi connectivity index (χ4v) is 1.84. The number of nitrogens with zero attached hydrogens (tertiary/aromatic N) is 3. The molecular weight excluding hydrogens is 220 g/mol. The van der Waals surface area contributed by atoms with E-state index in [2.05, 4.69) is 21.4 Å². The Morgan fingerprint density at radius 3 is 3.06 bits per heavy atom. The van der Waals surface area contributed by atoms with Gasteiger partial charge in [-0.15, -0.1) is 11.3 Å². The molecular formula is C11H10N4S. The molecule has 0 atom stereocenters. The first-order valence-electron chi connectivity index (χ1n) is 4.79. The van der Waals surface area contributed by atoms with Crippen LogP contribution in [0.4, 0.5) is 5.82 Å². The first kappa shape index (κ1) is 10.6. The van der Waals surface area contributed by atoms with Crippen LogP contribution in [0.15, 0.2) is 23.7 Å². The van der Waals surface area contributed by atoms with Gasteiger partial charge in [-0.3, -0.25) is 0 Å². The summed E-state index contributed by atoms with van der Waals surface area (Å²) in [4.78, 5) is 8.44. The van der Waals surface area contributed by atoms with E-state index in [4.69, 9.17) is 5.26 Å². The van der Waals surface area contributed by atoms with Crippen LogP contribution >= 0.6 is 11.3 Å². The van der Waals surface area contributed by atoms with Crippen molar-refractivity contribution in [3.8, 4) is 6.07 Å². The quantitative estimate of drug-likeness (QED) is 0.879. The monoisotopic (exact) mass is 230 g/mol. The molecule has 5 heteroatoms. The number of hydrogen-bond donors (Lipinski definition) is 1. The summed E-state index contributed by atoms with van der Waals surface area (Å²) in [5.41, 5.74) is 1.45. The fourth-order valence-electron chi connectivity index (χ4n) is 1.28. The Hall–Kier alpha value is -1.93. The van der Waals surface area contributed by atoms with Crippen LogP contribution < -0.4 is 5.32 Å². The summed E-state index contributed by atoms with van der Waals surface area (Å²) in [6, 6.07) is 5.71. The van der Waals surface area contributed by atoms with Gasteiger partial charge in [0.15, 0.2) is 0 Å². The molecule has 0 radical (unpaired) electrons. The van der Waals surface area contributed by atoms with Gasteiger partial charge in [-0.1, -0.05) is 0 Å². The summed E-state index contributed by atoms with van der Waals surface area (Å²) >= 11 is 1.58. The minimum absolute atomic E-state index is 0.558. The fraction of sp³-hybridized carbons (Fsp3) is 0.182. The maximum atomic E-state index is 8.92. The second-order valence-corrected chi connectivity index (χ2v) is 4.22. The number of nitriles is 1. The highest BCUT2D eigenvalue weighted by atomic mass is 32.1. The van der Waals surface area contributed by atoms with E-state index in [1.165, 1.54) is 0 Å². The Morgan fingerprint density at radius 1 is 1.50 bits per heavy atom. The molecule has 0 spiro atoms. The lowest BCUT2D eigenvalue weighted by molar-refractivity contribution is 1.06. The summed E-state index contributed by atoms with van der Waals surface area (Å²) in [5, 5.41) is 14.9. The van der Waals surface area contributed by atoms with E-state index in [1.54, 1.807) is 23.6 Å². The third-order valence-corrected chi connectivity index (χ3v) is 2.83. The van der Waals surface area contributed by atoms with Gasteiger partial charge < -0.3 is 5.32 Å². The molecule has 2 rings (SSSR count). The van der Waals surface area contributed by atoms with Gasteiger partial charge in [-0.2, -0.15) is 5.26 Å². The minimum atomic E-state index is 0.558. The Balaban J connectivity index is 2.15. The van der Waals surface area contributed by atoms with Crippen molar-refractivity contribution in [2.24, 2.45) is 0 Å². The second-order valence-electron chi connectivity index (χ2n) is 3.24. The van der Waals surface area contributed by atoms with Crippen LogP contribution in [-0.4, -0.2) is 9.97 Å². The third kappa shape index (κ3) is 2.35. The van der Waals surface area contributed by atoms with Gasteiger partial charge >= 0.3 is 0 Å². The Morgan fingerprint density at radius 2 is 2.38 bits per heavy atom. The van der Waals surface area contributed by atoms with Crippen LogP contribution in [0.25, 0.3) is 0 Å². The number of nitrogens with one attached hydrogen (secondary N) is 1. The van der Waals surface area contributed by atoms with Crippen molar-refractivity contribution >= 4 is 17.2 Å². The smallest absolute Gasteiger partial charge is 0.144 e. The molecule has 0 aliphatic rings. The lowest BCUT2D eigenvalue weighted by Crippen LogP contribution is -2.03. The van der Waals surface area contributed by atoms with E-state index >= 15 is 0 Å². The molecule has 0 aromatic carbocycles. The van der Waals surface area contributed by atoms with E-state index in [0.717, 1.165) is 10.7 Å². The first-order valence-corrected chi connectivity index (χ1v) is 5.67. The van der Waals surface area contributed by atoms with Crippen molar-refractivity contribution in [3.05, 3.63) is 40.0 Å².